The molecule has 0 saturated carbocycles. The van der Waals surface area contributed by atoms with Crippen LogP contribution in [-0.2, 0) is 9.59 Å². The summed E-state index contributed by atoms with van der Waals surface area (Å²) in [6.07, 6.45) is 3.10. The number of anilines is 1. The molecule has 0 spiro atoms. The van der Waals surface area contributed by atoms with Crippen molar-refractivity contribution in [3.8, 4) is 0 Å². The Hall–Kier alpha value is -2.38. The summed E-state index contributed by atoms with van der Waals surface area (Å²) in [5.74, 6) is -0.857. The minimum Gasteiger partial charge on any atom is -0.369 e. The number of likely N-dealkylation sites (tertiary alicyclic amines) is 1. The summed E-state index contributed by atoms with van der Waals surface area (Å²) in [5.41, 5.74) is 1.25. The van der Waals surface area contributed by atoms with Crippen LogP contribution in [0.4, 0.5) is 5.69 Å². The van der Waals surface area contributed by atoms with Crippen molar-refractivity contribution in [3.63, 3.8) is 0 Å². The zero-order chi connectivity index (χ0) is 21.6. The maximum absolute atomic E-state index is 12.7. The second-order valence-electron chi connectivity index (χ2n) is 8.43. The molecule has 1 aromatic carbocycles. The Balaban J connectivity index is 1.41. The van der Waals surface area contributed by atoms with E-state index in [1.807, 2.05) is 13.0 Å². The highest BCUT2D eigenvalue weighted by Crippen LogP contribution is 2.30. The number of thiophene rings is 1. The van der Waals surface area contributed by atoms with E-state index in [4.69, 9.17) is 0 Å². The van der Waals surface area contributed by atoms with Gasteiger partial charge >= 0.3 is 11.8 Å². The third-order valence-corrected chi connectivity index (χ3v) is 7.28. The second-order valence-corrected chi connectivity index (χ2v) is 9.41. The smallest absolute Gasteiger partial charge is 0.311 e. The lowest BCUT2D eigenvalue weighted by Crippen LogP contribution is -2.54. The fourth-order valence-electron chi connectivity index (χ4n) is 4.69. The molecule has 2 aliphatic heterocycles. The SMILES string of the molecule is C[C@@H](NC(=O)C(=O)N1CCCCC1)[C@H](c1cccs1)N1CCN(c2ccccc2)CC1. The fourth-order valence-corrected chi connectivity index (χ4v) is 5.65. The maximum Gasteiger partial charge on any atom is 0.311 e. The molecular formula is C24H32N4O2S. The maximum atomic E-state index is 12.7. The number of amides is 2. The molecule has 1 aromatic heterocycles. The molecular weight excluding hydrogens is 408 g/mol. The first-order chi connectivity index (χ1) is 15.1. The molecule has 2 saturated heterocycles. The standard InChI is InChI=1S/C24H32N4O2S/c1-19(25-23(29)24(30)28-12-6-3-7-13-28)22(21-11-8-18-31-21)27-16-14-26(15-17-27)20-9-4-2-5-10-20/h2,4-5,8-11,18-19,22H,3,6-7,12-17H2,1H3,(H,25,29)/t19-,22-/m1/s1. The Labute approximate surface area is 188 Å². The molecule has 166 valence electrons. The van der Waals surface area contributed by atoms with E-state index < -0.39 is 5.91 Å². The van der Waals surface area contributed by atoms with Crippen LogP contribution in [0.15, 0.2) is 47.8 Å². The molecule has 31 heavy (non-hydrogen) atoms. The summed E-state index contributed by atoms with van der Waals surface area (Å²) < 4.78 is 0. The largest absolute Gasteiger partial charge is 0.369 e. The Morgan fingerprint density at radius 2 is 1.61 bits per heavy atom. The van der Waals surface area contributed by atoms with Gasteiger partial charge in [0.2, 0.25) is 0 Å². The minimum absolute atomic E-state index is 0.0658. The van der Waals surface area contributed by atoms with Crippen molar-refractivity contribution >= 4 is 28.8 Å². The lowest BCUT2D eigenvalue weighted by Gasteiger charge is -2.42. The van der Waals surface area contributed by atoms with Gasteiger partial charge in [-0.2, -0.15) is 0 Å². The molecule has 4 rings (SSSR count). The van der Waals surface area contributed by atoms with Crippen LogP contribution >= 0.6 is 11.3 Å². The van der Waals surface area contributed by atoms with Crippen LogP contribution in [0.2, 0.25) is 0 Å². The van der Waals surface area contributed by atoms with Gasteiger partial charge in [-0.05, 0) is 49.8 Å². The molecule has 0 radical (unpaired) electrons. The normalized spacial score (nSPS) is 19.6. The first-order valence-electron chi connectivity index (χ1n) is 11.3. The van der Waals surface area contributed by atoms with Gasteiger partial charge in [0.15, 0.2) is 0 Å². The number of nitrogens with zero attached hydrogens (tertiary/aromatic N) is 3. The van der Waals surface area contributed by atoms with Gasteiger partial charge in [0.25, 0.3) is 0 Å². The molecule has 6 nitrogen and oxygen atoms in total. The van der Waals surface area contributed by atoms with Gasteiger partial charge in [-0.25, -0.2) is 0 Å². The average Bonchev–Trinajstić information content (AvgIpc) is 3.34. The van der Waals surface area contributed by atoms with Gasteiger partial charge in [-0.1, -0.05) is 24.3 Å². The molecule has 0 unspecified atom stereocenters. The van der Waals surface area contributed by atoms with Gasteiger partial charge in [0, 0.05) is 55.9 Å². The Kier molecular flexibility index (Phi) is 7.25. The fraction of sp³-hybridized carbons (Fsp3) is 0.500. The monoisotopic (exact) mass is 440 g/mol. The number of benzene rings is 1. The third-order valence-electron chi connectivity index (χ3n) is 6.33. The second kappa shape index (κ2) is 10.3. The van der Waals surface area contributed by atoms with Crippen LogP contribution in [0.25, 0.3) is 0 Å². The van der Waals surface area contributed by atoms with Crippen LogP contribution in [0, 0.1) is 0 Å². The van der Waals surface area contributed by atoms with E-state index in [9.17, 15) is 9.59 Å². The number of carbonyl (C=O) groups is 2. The number of para-hydroxylation sites is 1. The van der Waals surface area contributed by atoms with Crippen molar-refractivity contribution in [2.24, 2.45) is 0 Å². The molecule has 2 amide bonds. The van der Waals surface area contributed by atoms with Crippen LogP contribution in [-0.4, -0.2) is 66.9 Å². The predicted octanol–water partition coefficient (Wildman–Crippen LogP) is 3.13. The van der Waals surface area contributed by atoms with E-state index in [1.165, 1.54) is 10.6 Å². The van der Waals surface area contributed by atoms with Crippen LogP contribution in [0.5, 0.6) is 0 Å². The molecule has 0 bridgehead atoms. The highest BCUT2D eigenvalue weighted by Gasteiger charge is 2.33. The first-order valence-corrected chi connectivity index (χ1v) is 12.2. The van der Waals surface area contributed by atoms with E-state index in [2.05, 4.69) is 56.9 Å². The number of piperazine rings is 1. The molecule has 2 fully saturated rings. The molecule has 0 aliphatic carbocycles. The summed E-state index contributed by atoms with van der Waals surface area (Å²) >= 11 is 1.71. The van der Waals surface area contributed by atoms with Gasteiger partial charge in [0.05, 0.1) is 6.04 Å². The highest BCUT2D eigenvalue weighted by atomic mass is 32.1. The lowest BCUT2D eigenvalue weighted by atomic mass is 10.0. The van der Waals surface area contributed by atoms with Gasteiger partial charge in [0.1, 0.15) is 0 Å². The average molecular weight is 441 g/mol. The molecule has 2 atom stereocenters. The Morgan fingerprint density at radius 1 is 0.903 bits per heavy atom. The summed E-state index contributed by atoms with van der Waals surface area (Å²) in [6, 6.07) is 14.6. The number of piperidine rings is 1. The quantitative estimate of drug-likeness (QED) is 0.726. The molecule has 1 N–H and O–H groups in total. The highest BCUT2D eigenvalue weighted by molar-refractivity contribution is 7.10. The van der Waals surface area contributed by atoms with E-state index >= 15 is 0 Å². The summed E-state index contributed by atoms with van der Waals surface area (Å²) in [6.45, 7) is 7.12. The molecule has 2 aromatic rings. The Bertz CT molecular complexity index is 844. The van der Waals surface area contributed by atoms with Crippen molar-refractivity contribution in [1.29, 1.82) is 0 Å². The summed E-state index contributed by atoms with van der Waals surface area (Å²) in [4.78, 5) is 33.1. The third kappa shape index (κ3) is 5.28. The minimum atomic E-state index is -0.473. The molecule has 2 aliphatic rings. The van der Waals surface area contributed by atoms with Crippen LogP contribution in [0.3, 0.4) is 0 Å². The van der Waals surface area contributed by atoms with Gasteiger partial charge in [-0.3, -0.25) is 14.5 Å². The number of hydrogen-bond acceptors (Lipinski definition) is 5. The van der Waals surface area contributed by atoms with Gasteiger partial charge < -0.3 is 15.1 Å². The van der Waals surface area contributed by atoms with Crippen molar-refractivity contribution in [2.75, 3.05) is 44.2 Å². The van der Waals surface area contributed by atoms with E-state index in [-0.39, 0.29) is 18.0 Å². The predicted molar refractivity (Wildman–Crippen MR) is 125 cm³/mol. The van der Waals surface area contributed by atoms with Crippen molar-refractivity contribution < 1.29 is 9.59 Å². The van der Waals surface area contributed by atoms with Crippen molar-refractivity contribution in [1.82, 2.24) is 15.1 Å². The zero-order valence-corrected chi connectivity index (χ0v) is 19.0. The first kappa shape index (κ1) is 21.8. The number of carbonyl (C=O) groups excluding carboxylic acids is 2. The molecule has 7 heteroatoms. The van der Waals surface area contributed by atoms with Crippen molar-refractivity contribution in [2.45, 2.75) is 38.3 Å². The van der Waals surface area contributed by atoms with E-state index in [0.717, 1.165) is 45.4 Å². The number of rotatable bonds is 5. The lowest BCUT2D eigenvalue weighted by molar-refractivity contribution is -0.147. The zero-order valence-electron chi connectivity index (χ0n) is 18.2. The van der Waals surface area contributed by atoms with Gasteiger partial charge in [-0.15, -0.1) is 11.3 Å². The topological polar surface area (TPSA) is 55.9 Å². The van der Waals surface area contributed by atoms with Crippen LogP contribution in [0.1, 0.15) is 37.1 Å². The van der Waals surface area contributed by atoms with E-state index in [1.54, 1.807) is 16.2 Å². The van der Waals surface area contributed by atoms with E-state index in [0.29, 0.717) is 13.1 Å². The summed E-state index contributed by atoms with van der Waals surface area (Å²) in [7, 11) is 0. The van der Waals surface area contributed by atoms with Crippen LogP contribution < -0.4 is 10.2 Å². The number of nitrogens with one attached hydrogen (secondary N) is 1. The molecule has 3 heterocycles. The number of hydrogen-bond donors (Lipinski definition) is 1. The van der Waals surface area contributed by atoms with Crippen molar-refractivity contribution in [3.05, 3.63) is 52.7 Å². The summed E-state index contributed by atoms with van der Waals surface area (Å²) in [5, 5.41) is 5.11. The Morgan fingerprint density at radius 3 is 2.26 bits per heavy atom.